The fraction of sp³-hybridized carbons (Fsp3) is 0.273. The van der Waals surface area contributed by atoms with Gasteiger partial charge in [-0.15, -0.1) is 0 Å². The number of hydrogen-bond acceptors (Lipinski definition) is 4. The van der Waals surface area contributed by atoms with E-state index in [2.05, 4.69) is 4.99 Å². The van der Waals surface area contributed by atoms with Crippen LogP contribution in [0.3, 0.4) is 0 Å². The number of aliphatic imine (C=N–C) groups is 1. The zero-order chi connectivity index (χ0) is 11.8. The lowest BCUT2D eigenvalue weighted by Crippen LogP contribution is -2.20. The summed E-state index contributed by atoms with van der Waals surface area (Å²) >= 11 is 1.43. The number of nitrogens with zero attached hydrogens (tertiary/aromatic N) is 1. The minimum atomic E-state index is -1.09. The summed E-state index contributed by atoms with van der Waals surface area (Å²) in [6.45, 7) is 0. The van der Waals surface area contributed by atoms with Crippen LogP contribution in [0.15, 0.2) is 35.3 Å². The highest BCUT2D eigenvalue weighted by molar-refractivity contribution is 7.98. The van der Waals surface area contributed by atoms with Gasteiger partial charge in [0.05, 0.1) is 0 Å². The van der Waals surface area contributed by atoms with Crippen molar-refractivity contribution in [3.8, 4) is 0 Å². The molecule has 0 bridgehead atoms. The molecule has 0 aliphatic heterocycles. The highest BCUT2D eigenvalue weighted by Gasteiger charge is 2.15. The van der Waals surface area contributed by atoms with Gasteiger partial charge >= 0.3 is 5.97 Å². The summed E-state index contributed by atoms with van der Waals surface area (Å²) in [5.41, 5.74) is 1.12. The largest absolute Gasteiger partial charge is 0.480 e. The Bertz CT molecular complexity index is 385. The Morgan fingerprint density at radius 1 is 1.44 bits per heavy atom. The predicted molar refractivity (Wildman–Crippen MR) is 62.1 cm³/mol. The summed E-state index contributed by atoms with van der Waals surface area (Å²) in [7, 11) is 0. The van der Waals surface area contributed by atoms with Gasteiger partial charge in [0.2, 0.25) is 6.08 Å². The van der Waals surface area contributed by atoms with E-state index in [0.717, 1.165) is 5.56 Å². The van der Waals surface area contributed by atoms with Crippen LogP contribution < -0.4 is 0 Å². The molecule has 1 rings (SSSR count). The Morgan fingerprint density at radius 2 is 2.12 bits per heavy atom. The second kappa shape index (κ2) is 6.82. The van der Waals surface area contributed by atoms with E-state index in [9.17, 15) is 9.59 Å². The van der Waals surface area contributed by atoms with Crippen molar-refractivity contribution in [1.82, 2.24) is 0 Å². The van der Waals surface area contributed by atoms with Crippen molar-refractivity contribution in [3.05, 3.63) is 35.9 Å². The molecular formula is C11H11NO3S. The maximum atomic E-state index is 10.6. The fourth-order valence-corrected chi connectivity index (χ4v) is 2.08. The van der Waals surface area contributed by atoms with Crippen LogP contribution in [-0.2, 0) is 15.3 Å². The van der Waals surface area contributed by atoms with Crippen molar-refractivity contribution in [1.29, 1.82) is 0 Å². The highest BCUT2D eigenvalue weighted by Crippen LogP contribution is 2.13. The highest BCUT2D eigenvalue weighted by atomic mass is 32.2. The van der Waals surface area contributed by atoms with E-state index in [-0.39, 0.29) is 5.75 Å². The first kappa shape index (κ1) is 12.5. The molecule has 0 saturated carbocycles. The molecule has 0 heterocycles. The number of carboxylic acid groups (broad SMARTS) is 1. The van der Waals surface area contributed by atoms with Gasteiger partial charge in [-0.2, -0.15) is 16.8 Å². The van der Waals surface area contributed by atoms with E-state index in [1.807, 2.05) is 30.3 Å². The van der Waals surface area contributed by atoms with Gasteiger partial charge in [-0.05, 0) is 5.56 Å². The van der Waals surface area contributed by atoms with Gasteiger partial charge in [-0.3, -0.25) is 0 Å². The van der Waals surface area contributed by atoms with Crippen molar-refractivity contribution in [2.45, 2.75) is 11.8 Å². The molecule has 0 fully saturated rings. The van der Waals surface area contributed by atoms with E-state index in [1.165, 1.54) is 17.8 Å². The van der Waals surface area contributed by atoms with Crippen LogP contribution in [0.5, 0.6) is 0 Å². The molecule has 0 aromatic heterocycles. The molecule has 1 aromatic rings. The lowest BCUT2D eigenvalue weighted by Gasteiger charge is -2.04. The predicted octanol–water partition coefficient (Wildman–Crippen LogP) is 1.71. The first-order chi connectivity index (χ1) is 7.74. The van der Waals surface area contributed by atoms with Gasteiger partial charge in [0.1, 0.15) is 0 Å². The second-order valence-corrected chi connectivity index (χ2v) is 4.11. The summed E-state index contributed by atoms with van der Waals surface area (Å²) in [6.07, 6.45) is 1.28. The number of benzene rings is 1. The average Bonchev–Trinajstić information content (AvgIpc) is 2.29. The van der Waals surface area contributed by atoms with Gasteiger partial charge < -0.3 is 5.11 Å². The molecule has 5 heteroatoms. The van der Waals surface area contributed by atoms with Crippen LogP contribution in [0.25, 0.3) is 0 Å². The van der Waals surface area contributed by atoms with E-state index in [1.54, 1.807) is 0 Å². The molecule has 0 aliphatic rings. The molecule has 1 N–H and O–H groups in total. The van der Waals surface area contributed by atoms with Crippen LogP contribution >= 0.6 is 11.8 Å². The van der Waals surface area contributed by atoms with E-state index < -0.39 is 12.0 Å². The zero-order valence-electron chi connectivity index (χ0n) is 8.50. The van der Waals surface area contributed by atoms with Crippen LogP contribution in [0, 0.1) is 0 Å². The monoisotopic (exact) mass is 237 g/mol. The molecule has 0 radical (unpaired) electrons. The van der Waals surface area contributed by atoms with Crippen LogP contribution in [0.4, 0.5) is 0 Å². The van der Waals surface area contributed by atoms with E-state index in [4.69, 9.17) is 5.11 Å². The second-order valence-electron chi connectivity index (χ2n) is 3.08. The minimum absolute atomic E-state index is 0.277. The smallest absolute Gasteiger partial charge is 0.330 e. The lowest BCUT2D eigenvalue weighted by atomic mass is 10.2. The zero-order valence-corrected chi connectivity index (χ0v) is 9.31. The Kier molecular flexibility index (Phi) is 5.32. The molecule has 0 unspecified atom stereocenters. The Balaban J connectivity index is 2.39. The first-order valence-corrected chi connectivity index (χ1v) is 5.81. The number of isocyanates is 1. The minimum Gasteiger partial charge on any atom is -0.480 e. The molecule has 0 saturated heterocycles. The Labute approximate surface area is 97.4 Å². The topological polar surface area (TPSA) is 66.7 Å². The number of hydrogen-bond donors (Lipinski definition) is 1. The number of carboxylic acids is 1. The number of aliphatic carboxylic acids is 1. The maximum absolute atomic E-state index is 10.6. The third kappa shape index (κ3) is 4.29. The van der Waals surface area contributed by atoms with Crippen molar-refractivity contribution in [2.75, 3.05) is 5.75 Å². The molecular weight excluding hydrogens is 226 g/mol. The van der Waals surface area contributed by atoms with Crippen molar-refractivity contribution in [3.63, 3.8) is 0 Å². The van der Waals surface area contributed by atoms with Gasteiger partial charge in [-0.25, -0.2) is 9.59 Å². The molecule has 84 valence electrons. The first-order valence-electron chi connectivity index (χ1n) is 4.65. The molecule has 0 spiro atoms. The molecule has 0 amide bonds. The number of carbonyl (C=O) groups excluding carboxylic acids is 1. The molecule has 16 heavy (non-hydrogen) atoms. The average molecular weight is 237 g/mol. The quantitative estimate of drug-likeness (QED) is 0.604. The van der Waals surface area contributed by atoms with Crippen LogP contribution in [0.1, 0.15) is 5.56 Å². The van der Waals surface area contributed by atoms with Gasteiger partial charge in [-0.1, -0.05) is 30.3 Å². The summed E-state index contributed by atoms with van der Waals surface area (Å²) in [5, 5.41) is 8.72. The summed E-state index contributed by atoms with van der Waals surface area (Å²) in [6, 6.07) is 8.70. The van der Waals surface area contributed by atoms with Crippen LogP contribution in [0.2, 0.25) is 0 Å². The number of thioether (sulfide) groups is 1. The van der Waals surface area contributed by atoms with E-state index in [0.29, 0.717) is 5.75 Å². The van der Waals surface area contributed by atoms with Crippen molar-refractivity contribution >= 4 is 23.8 Å². The third-order valence-corrected chi connectivity index (χ3v) is 2.97. The van der Waals surface area contributed by atoms with Gasteiger partial charge in [0, 0.05) is 11.5 Å². The van der Waals surface area contributed by atoms with E-state index >= 15 is 0 Å². The molecule has 1 atom stereocenters. The standard InChI is InChI=1S/C11H11NO3S/c13-8-12-10(11(14)15)7-16-6-9-4-2-1-3-5-9/h1-5,10H,6-7H2,(H,14,15)/t10-/m0/s1. The maximum Gasteiger partial charge on any atom is 0.330 e. The molecule has 0 aliphatic carbocycles. The summed E-state index contributed by atoms with van der Waals surface area (Å²) in [5.74, 6) is -0.109. The molecule has 1 aromatic carbocycles. The summed E-state index contributed by atoms with van der Waals surface area (Å²) < 4.78 is 0. The normalized spacial score (nSPS) is 11.5. The number of carbonyl (C=O) groups is 1. The lowest BCUT2D eigenvalue weighted by molar-refractivity contribution is -0.137. The fourth-order valence-electron chi connectivity index (χ4n) is 1.09. The molecule has 4 nitrogen and oxygen atoms in total. The SMILES string of the molecule is O=C=N[C@@H](CSCc1ccccc1)C(=O)O. The van der Waals surface area contributed by atoms with Crippen LogP contribution in [-0.4, -0.2) is 29.0 Å². The number of rotatable bonds is 6. The Morgan fingerprint density at radius 3 is 2.69 bits per heavy atom. The van der Waals surface area contributed by atoms with Gasteiger partial charge in [0.15, 0.2) is 6.04 Å². The third-order valence-electron chi connectivity index (χ3n) is 1.88. The van der Waals surface area contributed by atoms with Crippen molar-refractivity contribution < 1.29 is 14.7 Å². The van der Waals surface area contributed by atoms with Crippen molar-refractivity contribution in [2.24, 2.45) is 4.99 Å². The Hall–Kier alpha value is -1.58. The van der Waals surface area contributed by atoms with Gasteiger partial charge in [0.25, 0.3) is 0 Å². The summed E-state index contributed by atoms with van der Waals surface area (Å²) in [4.78, 5) is 23.9.